The Hall–Kier alpha value is -2.37. The van der Waals surface area contributed by atoms with Crippen LogP contribution in [-0.4, -0.2) is 34.3 Å². The number of aryl methyl sites for hydroxylation is 2. The SMILES string of the molecule is CC(=O)NCCNC(=O)CCc1c(C)nc2ccccn12. The number of carbonyl (C=O) groups is 2. The van der Waals surface area contributed by atoms with Crippen molar-refractivity contribution in [1.29, 1.82) is 0 Å². The van der Waals surface area contributed by atoms with Crippen LogP contribution in [0.15, 0.2) is 24.4 Å². The second-order valence-electron chi connectivity index (χ2n) is 4.91. The maximum Gasteiger partial charge on any atom is 0.220 e. The molecule has 6 nitrogen and oxygen atoms in total. The third kappa shape index (κ3) is 4.05. The number of carbonyl (C=O) groups excluding carboxylic acids is 2. The fourth-order valence-electron chi connectivity index (χ4n) is 2.23. The molecule has 6 heteroatoms. The molecule has 0 aliphatic carbocycles. The molecule has 0 atom stereocenters. The van der Waals surface area contributed by atoms with E-state index in [0.29, 0.717) is 25.9 Å². The van der Waals surface area contributed by atoms with Gasteiger partial charge in [0.15, 0.2) is 0 Å². The van der Waals surface area contributed by atoms with Gasteiger partial charge in [-0.1, -0.05) is 6.07 Å². The van der Waals surface area contributed by atoms with Crippen molar-refractivity contribution in [2.45, 2.75) is 26.7 Å². The quantitative estimate of drug-likeness (QED) is 0.773. The van der Waals surface area contributed by atoms with Gasteiger partial charge in [-0.2, -0.15) is 0 Å². The first-order valence-corrected chi connectivity index (χ1v) is 7.01. The molecule has 2 amide bonds. The molecule has 112 valence electrons. The minimum atomic E-state index is -0.0920. The zero-order valence-corrected chi connectivity index (χ0v) is 12.3. The zero-order valence-electron chi connectivity index (χ0n) is 12.3. The van der Waals surface area contributed by atoms with E-state index in [4.69, 9.17) is 0 Å². The van der Waals surface area contributed by atoms with E-state index in [2.05, 4.69) is 15.6 Å². The van der Waals surface area contributed by atoms with Crippen LogP contribution >= 0.6 is 0 Å². The summed E-state index contributed by atoms with van der Waals surface area (Å²) in [6, 6.07) is 5.84. The van der Waals surface area contributed by atoms with Crippen LogP contribution in [0.25, 0.3) is 5.65 Å². The number of nitrogens with zero attached hydrogens (tertiary/aromatic N) is 2. The molecule has 0 aliphatic rings. The van der Waals surface area contributed by atoms with Crippen molar-refractivity contribution >= 4 is 17.5 Å². The van der Waals surface area contributed by atoms with Crippen molar-refractivity contribution in [3.63, 3.8) is 0 Å². The normalized spacial score (nSPS) is 10.6. The molecular formula is C15H20N4O2. The Bertz CT molecular complexity index is 648. The van der Waals surface area contributed by atoms with Crippen LogP contribution < -0.4 is 10.6 Å². The van der Waals surface area contributed by atoms with Crippen molar-refractivity contribution in [3.05, 3.63) is 35.8 Å². The smallest absolute Gasteiger partial charge is 0.220 e. The summed E-state index contributed by atoms with van der Waals surface area (Å²) in [5, 5.41) is 5.42. The Kier molecular flexibility index (Phi) is 4.92. The van der Waals surface area contributed by atoms with Crippen LogP contribution in [0.2, 0.25) is 0 Å². The average Bonchev–Trinajstić information content (AvgIpc) is 2.76. The lowest BCUT2D eigenvalue weighted by Crippen LogP contribution is -2.33. The fraction of sp³-hybridized carbons (Fsp3) is 0.400. The first-order chi connectivity index (χ1) is 10.1. The maximum absolute atomic E-state index is 11.8. The molecule has 0 saturated heterocycles. The van der Waals surface area contributed by atoms with Gasteiger partial charge < -0.3 is 15.0 Å². The number of nitrogens with one attached hydrogen (secondary N) is 2. The van der Waals surface area contributed by atoms with Gasteiger partial charge in [-0.05, 0) is 25.5 Å². The monoisotopic (exact) mass is 288 g/mol. The summed E-state index contributed by atoms with van der Waals surface area (Å²) < 4.78 is 2.01. The highest BCUT2D eigenvalue weighted by Crippen LogP contribution is 2.13. The third-order valence-electron chi connectivity index (χ3n) is 3.24. The third-order valence-corrected chi connectivity index (χ3v) is 3.24. The molecule has 0 fully saturated rings. The topological polar surface area (TPSA) is 75.5 Å². The van der Waals surface area contributed by atoms with Gasteiger partial charge in [0, 0.05) is 38.3 Å². The molecule has 2 rings (SSSR count). The van der Waals surface area contributed by atoms with Gasteiger partial charge in [-0.25, -0.2) is 4.98 Å². The molecule has 21 heavy (non-hydrogen) atoms. The molecule has 2 N–H and O–H groups in total. The number of amides is 2. The van der Waals surface area contributed by atoms with Crippen LogP contribution in [0.3, 0.4) is 0 Å². The first-order valence-electron chi connectivity index (χ1n) is 7.01. The Morgan fingerprint density at radius 3 is 2.76 bits per heavy atom. The molecular weight excluding hydrogens is 268 g/mol. The highest BCUT2D eigenvalue weighted by atomic mass is 16.2. The maximum atomic E-state index is 11.8. The number of hydrogen-bond acceptors (Lipinski definition) is 3. The molecule has 0 bridgehead atoms. The summed E-state index contributed by atoms with van der Waals surface area (Å²) in [7, 11) is 0. The van der Waals surface area contributed by atoms with Crippen molar-refractivity contribution in [2.24, 2.45) is 0 Å². The molecule has 2 aromatic rings. The Morgan fingerprint density at radius 2 is 2.00 bits per heavy atom. The number of rotatable bonds is 6. The van der Waals surface area contributed by atoms with Crippen molar-refractivity contribution in [3.8, 4) is 0 Å². The molecule has 0 unspecified atom stereocenters. The van der Waals surface area contributed by atoms with E-state index in [1.807, 2.05) is 35.7 Å². The molecule has 0 saturated carbocycles. The van der Waals surface area contributed by atoms with Gasteiger partial charge in [0.05, 0.1) is 5.69 Å². The number of hydrogen-bond donors (Lipinski definition) is 2. The van der Waals surface area contributed by atoms with Crippen molar-refractivity contribution < 1.29 is 9.59 Å². The van der Waals surface area contributed by atoms with Crippen molar-refractivity contribution in [1.82, 2.24) is 20.0 Å². The Morgan fingerprint density at radius 1 is 1.24 bits per heavy atom. The van der Waals surface area contributed by atoms with Gasteiger partial charge in [0.25, 0.3) is 0 Å². The number of pyridine rings is 1. The lowest BCUT2D eigenvalue weighted by atomic mass is 10.2. The minimum Gasteiger partial charge on any atom is -0.355 e. The average molecular weight is 288 g/mol. The molecule has 2 heterocycles. The van der Waals surface area contributed by atoms with Crippen LogP contribution in [0.1, 0.15) is 24.7 Å². The van der Waals surface area contributed by atoms with E-state index < -0.39 is 0 Å². The van der Waals surface area contributed by atoms with Gasteiger partial charge in [0.1, 0.15) is 5.65 Å². The second kappa shape index (κ2) is 6.88. The number of fused-ring (bicyclic) bond motifs is 1. The van der Waals surface area contributed by atoms with Crippen LogP contribution in [0.5, 0.6) is 0 Å². The second-order valence-corrected chi connectivity index (χ2v) is 4.91. The standard InChI is InChI=1S/C15H20N4O2/c1-11-13(19-10-4-3-5-14(19)18-11)6-7-15(21)17-9-8-16-12(2)20/h3-5,10H,6-9H2,1-2H3,(H,16,20)(H,17,21). The van der Waals surface area contributed by atoms with E-state index >= 15 is 0 Å². The largest absolute Gasteiger partial charge is 0.355 e. The molecule has 0 aliphatic heterocycles. The fourth-order valence-corrected chi connectivity index (χ4v) is 2.23. The lowest BCUT2D eigenvalue weighted by Gasteiger charge is -2.06. The van der Waals surface area contributed by atoms with E-state index in [1.165, 1.54) is 6.92 Å². The molecule has 0 spiro atoms. The van der Waals surface area contributed by atoms with E-state index in [9.17, 15) is 9.59 Å². The zero-order chi connectivity index (χ0) is 15.2. The van der Waals surface area contributed by atoms with E-state index in [-0.39, 0.29) is 11.8 Å². The van der Waals surface area contributed by atoms with Gasteiger partial charge in [-0.3, -0.25) is 9.59 Å². The summed E-state index contributed by atoms with van der Waals surface area (Å²) in [6.45, 7) is 4.31. The molecule has 0 aromatic carbocycles. The summed E-state index contributed by atoms with van der Waals surface area (Å²) in [5.41, 5.74) is 2.91. The van der Waals surface area contributed by atoms with Gasteiger partial charge in [-0.15, -0.1) is 0 Å². The van der Waals surface area contributed by atoms with Crippen LogP contribution in [0, 0.1) is 6.92 Å². The summed E-state index contributed by atoms with van der Waals surface area (Å²) in [6.07, 6.45) is 3.01. The summed E-state index contributed by atoms with van der Waals surface area (Å²) >= 11 is 0. The van der Waals surface area contributed by atoms with Gasteiger partial charge >= 0.3 is 0 Å². The summed E-state index contributed by atoms with van der Waals surface area (Å²) in [5.74, 6) is -0.115. The molecule has 2 aromatic heterocycles. The molecule has 0 radical (unpaired) electrons. The Labute approximate surface area is 123 Å². The number of imidazole rings is 1. The van der Waals surface area contributed by atoms with E-state index in [0.717, 1.165) is 17.0 Å². The highest BCUT2D eigenvalue weighted by Gasteiger charge is 2.10. The summed E-state index contributed by atoms with van der Waals surface area (Å²) in [4.78, 5) is 26.9. The van der Waals surface area contributed by atoms with Gasteiger partial charge in [0.2, 0.25) is 11.8 Å². The Balaban J connectivity index is 1.85. The highest BCUT2D eigenvalue weighted by molar-refractivity contribution is 5.76. The van der Waals surface area contributed by atoms with Crippen LogP contribution in [-0.2, 0) is 16.0 Å². The lowest BCUT2D eigenvalue weighted by molar-refractivity contribution is -0.122. The first kappa shape index (κ1) is 15.0. The van der Waals surface area contributed by atoms with Crippen molar-refractivity contribution in [2.75, 3.05) is 13.1 Å². The number of aromatic nitrogens is 2. The minimum absolute atomic E-state index is 0.0226. The predicted molar refractivity (Wildman–Crippen MR) is 79.9 cm³/mol. The predicted octanol–water partition coefficient (Wildman–Crippen LogP) is 0.828. The van der Waals surface area contributed by atoms with E-state index in [1.54, 1.807) is 0 Å². The van der Waals surface area contributed by atoms with Crippen LogP contribution in [0.4, 0.5) is 0 Å².